The zero-order chi connectivity index (χ0) is 12.1. The summed E-state index contributed by atoms with van der Waals surface area (Å²) in [4.78, 5) is 13.5. The number of carboxylic acid groups (broad SMARTS) is 1. The number of azide groups is 1. The minimum Gasteiger partial charge on any atom is -0.481 e. The second kappa shape index (κ2) is 5.53. The molecule has 0 bridgehead atoms. The number of carbonyl (C=O) groups is 1. The van der Waals surface area contributed by atoms with Crippen LogP contribution in [0.1, 0.15) is 18.4 Å². The standard InChI is InChI=1S/C10H10BrN3O2/c1-6(9(10(15)16)13-14-12)7-2-4-8(11)5-3-7/h2-6,9H,1H3,(H,15,16)/t6-,9-/m0/s1. The molecule has 84 valence electrons. The van der Waals surface area contributed by atoms with E-state index in [0.29, 0.717) is 0 Å². The zero-order valence-electron chi connectivity index (χ0n) is 8.54. The molecule has 1 aromatic carbocycles. The Hall–Kier alpha value is -1.52. The van der Waals surface area contributed by atoms with Gasteiger partial charge in [-0.05, 0) is 23.2 Å². The Morgan fingerprint density at radius 1 is 1.50 bits per heavy atom. The van der Waals surface area contributed by atoms with Crippen LogP contribution in [0.2, 0.25) is 0 Å². The maximum atomic E-state index is 10.9. The summed E-state index contributed by atoms with van der Waals surface area (Å²) in [6.07, 6.45) is 0. The fourth-order valence-electron chi connectivity index (χ4n) is 1.37. The molecule has 0 spiro atoms. The van der Waals surface area contributed by atoms with E-state index in [2.05, 4.69) is 26.0 Å². The third-order valence-corrected chi connectivity index (χ3v) is 2.83. The molecule has 0 aliphatic carbocycles. The number of aliphatic carboxylic acids is 1. The summed E-state index contributed by atoms with van der Waals surface area (Å²) < 4.78 is 0.916. The van der Waals surface area contributed by atoms with Gasteiger partial charge in [-0.25, -0.2) is 0 Å². The molecule has 1 N–H and O–H groups in total. The second-order valence-corrected chi connectivity index (χ2v) is 4.24. The molecule has 1 aromatic rings. The third-order valence-electron chi connectivity index (χ3n) is 2.30. The molecule has 0 heterocycles. The van der Waals surface area contributed by atoms with E-state index in [0.717, 1.165) is 10.0 Å². The van der Waals surface area contributed by atoms with Crippen molar-refractivity contribution in [2.45, 2.75) is 18.9 Å². The van der Waals surface area contributed by atoms with E-state index >= 15 is 0 Å². The first-order chi connectivity index (χ1) is 7.56. The van der Waals surface area contributed by atoms with E-state index < -0.39 is 12.0 Å². The Kier molecular flexibility index (Phi) is 4.34. The molecule has 0 radical (unpaired) electrons. The molecule has 0 unspecified atom stereocenters. The average molecular weight is 284 g/mol. The first-order valence-corrected chi connectivity index (χ1v) is 5.38. The van der Waals surface area contributed by atoms with Crippen LogP contribution in [0.25, 0.3) is 10.4 Å². The van der Waals surface area contributed by atoms with Gasteiger partial charge in [-0.15, -0.1) is 0 Å². The van der Waals surface area contributed by atoms with Gasteiger partial charge in [-0.3, -0.25) is 4.79 Å². The van der Waals surface area contributed by atoms with Crippen molar-refractivity contribution in [2.24, 2.45) is 5.11 Å². The molecule has 1 rings (SSSR count). The maximum absolute atomic E-state index is 10.9. The highest BCUT2D eigenvalue weighted by molar-refractivity contribution is 9.10. The van der Waals surface area contributed by atoms with Crippen LogP contribution < -0.4 is 0 Å². The lowest BCUT2D eigenvalue weighted by Gasteiger charge is -2.15. The molecule has 0 amide bonds. The molecule has 0 saturated heterocycles. The molecular formula is C10H10BrN3O2. The Morgan fingerprint density at radius 3 is 2.50 bits per heavy atom. The monoisotopic (exact) mass is 283 g/mol. The first kappa shape index (κ1) is 12.5. The van der Waals surface area contributed by atoms with E-state index in [-0.39, 0.29) is 5.92 Å². The van der Waals surface area contributed by atoms with Crippen molar-refractivity contribution in [1.29, 1.82) is 0 Å². The fraction of sp³-hybridized carbons (Fsp3) is 0.300. The second-order valence-electron chi connectivity index (χ2n) is 3.33. The third kappa shape index (κ3) is 2.98. The number of halogens is 1. The van der Waals surface area contributed by atoms with Crippen molar-refractivity contribution in [1.82, 2.24) is 0 Å². The molecule has 0 aromatic heterocycles. The fourth-order valence-corrected chi connectivity index (χ4v) is 1.63. The van der Waals surface area contributed by atoms with Gasteiger partial charge in [0.2, 0.25) is 0 Å². The van der Waals surface area contributed by atoms with Crippen LogP contribution in [0.15, 0.2) is 33.9 Å². The number of rotatable bonds is 4. The van der Waals surface area contributed by atoms with Gasteiger partial charge in [0.1, 0.15) is 6.04 Å². The topological polar surface area (TPSA) is 86.1 Å². The van der Waals surface area contributed by atoms with Crippen LogP contribution in [-0.4, -0.2) is 17.1 Å². The minimum absolute atomic E-state index is 0.360. The van der Waals surface area contributed by atoms with Crippen LogP contribution in [0, 0.1) is 0 Å². The molecule has 6 heteroatoms. The predicted molar refractivity (Wildman–Crippen MR) is 63.1 cm³/mol. The molecule has 0 aliphatic rings. The lowest BCUT2D eigenvalue weighted by Crippen LogP contribution is -2.23. The van der Waals surface area contributed by atoms with Gasteiger partial charge in [0.25, 0.3) is 0 Å². The average Bonchev–Trinajstić information content (AvgIpc) is 2.25. The number of hydrogen-bond donors (Lipinski definition) is 1. The Labute approximate surface area is 101 Å². The van der Waals surface area contributed by atoms with Crippen LogP contribution >= 0.6 is 15.9 Å². The van der Waals surface area contributed by atoms with Gasteiger partial charge in [0.15, 0.2) is 0 Å². The summed E-state index contributed by atoms with van der Waals surface area (Å²) in [5, 5.41) is 12.2. The van der Waals surface area contributed by atoms with Crippen LogP contribution in [0.5, 0.6) is 0 Å². The molecular weight excluding hydrogens is 274 g/mol. The highest BCUT2D eigenvalue weighted by Gasteiger charge is 2.24. The highest BCUT2D eigenvalue weighted by Crippen LogP contribution is 2.23. The SMILES string of the molecule is C[C@@H](c1ccc(Br)cc1)[C@H](N=[N+]=[N-])C(=O)O. The van der Waals surface area contributed by atoms with E-state index in [4.69, 9.17) is 10.6 Å². The number of nitrogens with zero attached hydrogens (tertiary/aromatic N) is 3. The highest BCUT2D eigenvalue weighted by atomic mass is 79.9. The van der Waals surface area contributed by atoms with Crippen molar-refractivity contribution in [3.05, 3.63) is 44.7 Å². The van der Waals surface area contributed by atoms with Gasteiger partial charge in [0, 0.05) is 15.3 Å². The molecule has 2 atom stereocenters. The lowest BCUT2D eigenvalue weighted by molar-refractivity contribution is -0.138. The Bertz CT molecular complexity index is 424. The maximum Gasteiger partial charge on any atom is 0.313 e. The summed E-state index contributed by atoms with van der Waals surface area (Å²) in [6.45, 7) is 1.72. The first-order valence-electron chi connectivity index (χ1n) is 4.58. The summed E-state index contributed by atoms with van der Waals surface area (Å²) in [7, 11) is 0. The summed E-state index contributed by atoms with van der Waals surface area (Å²) in [6, 6.07) is 6.17. The van der Waals surface area contributed by atoms with E-state index in [1.807, 2.05) is 12.1 Å². The van der Waals surface area contributed by atoms with Crippen molar-refractivity contribution in [2.75, 3.05) is 0 Å². The number of benzene rings is 1. The smallest absolute Gasteiger partial charge is 0.313 e. The van der Waals surface area contributed by atoms with Gasteiger partial charge < -0.3 is 5.11 Å². The van der Waals surface area contributed by atoms with Gasteiger partial charge in [-0.1, -0.05) is 40.1 Å². The molecule has 0 saturated carbocycles. The van der Waals surface area contributed by atoms with Crippen molar-refractivity contribution < 1.29 is 9.90 Å². The zero-order valence-corrected chi connectivity index (χ0v) is 10.1. The van der Waals surface area contributed by atoms with E-state index in [9.17, 15) is 4.79 Å². The normalized spacial score (nSPS) is 13.6. The molecule has 0 aliphatic heterocycles. The van der Waals surface area contributed by atoms with Crippen LogP contribution in [0.4, 0.5) is 0 Å². The minimum atomic E-state index is -1.12. The Balaban J connectivity index is 2.98. The molecule has 0 fully saturated rings. The summed E-state index contributed by atoms with van der Waals surface area (Å²) >= 11 is 3.29. The van der Waals surface area contributed by atoms with Gasteiger partial charge in [0.05, 0.1) is 0 Å². The van der Waals surface area contributed by atoms with Crippen LogP contribution in [0.3, 0.4) is 0 Å². The van der Waals surface area contributed by atoms with E-state index in [1.54, 1.807) is 19.1 Å². The van der Waals surface area contributed by atoms with Crippen molar-refractivity contribution in [3.63, 3.8) is 0 Å². The molecule has 5 nitrogen and oxygen atoms in total. The van der Waals surface area contributed by atoms with Gasteiger partial charge in [-0.2, -0.15) is 0 Å². The summed E-state index contributed by atoms with van der Waals surface area (Å²) in [5.41, 5.74) is 9.14. The van der Waals surface area contributed by atoms with E-state index in [1.165, 1.54) is 0 Å². The van der Waals surface area contributed by atoms with Crippen molar-refractivity contribution in [3.8, 4) is 0 Å². The summed E-state index contributed by atoms with van der Waals surface area (Å²) in [5.74, 6) is -1.48. The van der Waals surface area contributed by atoms with Crippen LogP contribution in [-0.2, 0) is 4.79 Å². The number of carboxylic acids is 1. The van der Waals surface area contributed by atoms with Gasteiger partial charge >= 0.3 is 5.97 Å². The van der Waals surface area contributed by atoms with Crippen molar-refractivity contribution >= 4 is 21.9 Å². The largest absolute Gasteiger partial charge is 0.481 e. The molecule has 16 heavy (non-hydrogen) atoms. The quantitative estimate of drug-likeness (QED) is 0.522. The Morgan fingerprint density at radius 2 is 2.06 bits per heavy atom. The lowest BCUT2D eigenvalue weighted by atomic mass is 9.94. The number of hydrogen-bond acceptors (Lipinski definition) is 2. The predicted octanol–water partition coefficient (Wildman–Crippen LogP) is 3.32.